The summed E-state index contributed by atoms with van der Waals surface area (Å²) in [4.78, 5) is 14.2. The van der Waals surface area contributed by atoms with E-state index in [4.69, 9.17) is 5.26 Å². The standard InChI is InChI=1S/C9H8N2O/c1-7(6-12)8-2-3-9(4-10)11-5-8/h2-3,5-7H,1H3. The lowest BCUT2D eigenvalue weighted by Crippen LogP contribution is -1.95. The third kappa shape index (κ3) is 1.67. The summed E-state index contributed by atoms with van der Waals surface area (Å²) >= 11 is 0. The molecule has 0 bridgehead atoms. The number of carbonyl (C=O) groups is 1. The Kier molecular flexibility index (Phi) is 2.54. The van der Waals surface area contributed by atoms with Gasteiger partial charge in [-0.15, -0.1) is 0 Å². The number of aldehydes is 1. The molecule has 1 unspecified atom stereocenters. The first-order valence-electron chi connectivity index (χ1n) is 3.59. The summed E-state index contributed by atoms with van der Waals surface area (Å²) in [5.74, 6) is -0.148. The summed E-state index contributed by atoms with van der Waals surface area (Å²) in [6, 6.07) is 5.26. The summed E-state index contributed by atoms with van der Waals surface area (Å²) in [5, 5.41) is 8.44. The number of hydrogen-bond donors (Lipinski definition) is 0. The maximum absolute atomic E-state index is 10.4. The smallest absolute Gasteiger partial charge is 0.140 e. The van der Waals surface area contributed by atoms with Gasteiger partial charge in [-0.05, 0) is 11.6 Å². The van der Waals surface area contributed by atoms with Crippen molar-refractivity contribution < 1.29 is 4.79 Å². The lowest BCUT2D eigenvalue weighted by Gasteiger charge is -2.01. The van der Waals surface area contributed by atoms with Gasteiger partial charge < -0.3 is 4.79 Å². The van der Waals surface area contributed by atoms with Crippen molar-refractivity contribution in [2.24, 2.45) is 0 Å². The van der Waals surface area contributed by atoms with Crippen molar-refractivity contribution in [2.75, 3.05) is 0 Å². The molecule has 1 rings (SSSR count). The molecule has 0 aliphatic carbocycles. The molecule has 1 aromatic rings. The summed E-state index contributed by atoms with van der Waals surface area (Å²) in [6.07, 6.45) is 2.40. The van der Waals surface area contributed by atoms with Crippen molar-refractivity contribution in [1.82, 2.24) is 4.98 Å². The van der Waals surface area contributed by atoms with E-state index in [0.717, 1.165) is 11.8 Å². The van der Waals surface area contributed by atoms with Crippen LogP contribution in [0, 0.1) is 11.3 Å². The summed E-state index contributed by atoms with van der Waals surface area (Å²) in [5.41, 5.74) is 1.21. The van der Waals surface area contributed by atoms with Crippen molar-refractivity contribution in [3.63, 3.8) is 0 Å². The van der Waals surface area contributed by atoms with Crippen molar-refractivity contribution in [2.45, 2.75) is 12.8 Å². The van der Waals surface area contributed by atoms with Crippen molar-refractivity contribution >= 4 is 6.29 Å². The highest BCUT2D eigenvalue weighted by Crippen LogP contribution is 2.10. The third-order valence-electron chi connectivity index (χ3n) is 1.63. The van der Waals surface area contributed by atoms with Gasteiger partial charge >= 0.3 is 0 Å². The number of carbonyl (C=O) groups excluding carboxylic acids is 1. The van der Waals surface area contributed by atoms with Gasteiger partial charge in [0.05, 0.1) is 0 Å². The molecule has 1 heterocycles. The first-order chi connectivity index (χ1) is 5.77. The SMILES string of the molecule is CC(C=O)c1ccc(C#N)nc1. The van der Waals surface area contributed by atoms with Gasteiger partial charge in [0.2, 0.25) is 0 Å². The topological polar surface area (TPSA) is 53.8 Å². The van der Waals surface area contributed by atoms with Crippen LogP contribution < -0.4 is 0 Å². The second-order valence-corrected chi connectivity index (χ2v) is 2.51. The molecule has 1 aromatic heterocycles. The zero-order valence-corrected chi connectivity index (χ0v) is 6.69. The average Bonchev–Trinajstić information content (AvgIpc) is 2.17. The zero-order chi connectivity index (χ0) is 8.97. The van der Waals surface area contributed by atoms with Gasteiger partial charge in [0, 0.05) is 12.1 Å². The Morgan fingerprint density at radius 2 is 2.42 bits per heavy atom. The van der Waals surface area contributed by atoms with Crippen LogP contribution in [-0.2, 0) is 4.79 Å². The molecule has 0 N–H and O–H groups in total. The average molecular weight is 160 g/mol. The molecule has 3 nitrogen and oxygen atoms in total. The van der Waals surface area contributed by atoms with Gasteiger partial charge in [0.1, 0.15) is 18.0 Å². The van der Waals surface area contributed by atoms with Crippen LogP contribution in [0.1, 0.15) is 24.1 Å². The normalized spacial score (nSPS) is 11.7. The predicted molar refractivity (Wildman–Crippen MR) is 43.4 cm³/mol. The fourth-order valence-corrected chi connectivity index (χ4v) is 0.819. The largest absolute Gasteiger partial charge is 0.303 e. The minimum absolute atomic E-state index is 0.148. The van der Waals surface area contributed by atoms with Crippen LogP contribution >= 0.6 is 0 Å². The van der Waals surface area contributed by atoms with Crippen LogP contribution in [0.5, 0.6) is 0 Å². The van der Waals surface area contributed by atoms with Gasteiger partial charge in [0.25, 0.3) is 0 Å². The van der Waals surface area contributed by atoms with Crippen molar-refractivity contribution in [1.29, 1.82) is 5.26 Å². The van der Waals surface area contributed by atoms with Crippen molar-refractivity contribution in [3.05, 3.63) is 29.6 Å². The van der Waals surface area contributed by atoms with E-state index in [9.17, 15) is 4.79 Å². The minimum Gasteiger partial charge on any atom is -0.303 e. The van der Waals surface area contributed by atoms with E-state index in [1.54, 1.807) is 25.3 Å². The third-order valence-corrected chi connectivity index (χ3v) is 1.63. The van der Waals surface area contributed by atoms with E-state index < -0.39 is 0 Å². The van der Waals surface area contributed by atoms with E-state index in [1.165, 1.54) is 0 Å². The highest BCUT2D eigenvalue weighted by Gasteiger charge is 2.02. The molecule has 0 aromatic carbocycles. The first kappa shape index (κ1) is 8.41. The minimum atomic E-state index is -0.148. The lowest BCUT2D eigenvalue weighted by atomic mass is 10.1. The molecule has 0 spiro atoms. The monoisotopic (exact) mass is 160 g/mol. The Labute approximate surface area is 70.7 Å². The van der Waals surface area contributed by atoms with Crippen LogP contribution in [0.4, 0.5) is 0 Å². The molecule has 12 heavy (non-hydrogen) atoms. The van der Waals surface area contributed by atoms with Crippen LogP contribution in [0.3, 0.4) is 0 Å². The maximum Gasteiger partial charge on any atom is 0.140 e. The maximum atomic E-state index is 10.4. The van der Waals surface area contributed by atoms with E-state index in [1.807, 2.05) is 6.07 Å². The number of hydrogen-bond acceptors (Lipinski definition) is 3. The number of nitrogens with zero attached hydrogens (tertiary/aromatic N) is 2. The Hall–Kier alpha value is -1.69. The van der Waals surface area contributed by atoms with Crippen LogP contribution in [-0.4, -0.2) is 11.3 Å². The Bertz CT molecular complexity index is 310. The Morgan fingerprint density at radius 1 is 1.67 bits per heavy atom. The van der Waals surface area contributed by atoms with Gasteiger partial charge in [-0.3, -0.25) is 0 Å². The first-order valence-corrected chi connectivity index (χ1v) is 3.59. The van der Waals surface area contributed by atoms with E-state index in [2.05, 4.69) is 4.98 Å². The van der Waals surface area contributed by atoms with Gasteiger partial charge in [-0.25, -0.2) is 4.98 Å². The number of aromatic nitrogens is 1. The fraction of sp³-hybridized carbons (Fsp3) is 0.222. The second kappa shape index (κ2) is 3.63. The van der Waals surface area contributed by atoms with E-state index in [0.29, 0.717) is 5.69 Å². The Morgan fingerprint density at radius 3 is 2.83 bits per heavy atom. The van der Waals surface area contributed by atoms with E-state index >= 15 is 0 Å². The summed E-state index contributed by atoms with van der Waals surface area (Å²) in [6.45, 7) is 1.79. The Balaban J connectivity index is 2.93. The molecular formula is C9H8N2O. The fourth-order valence-electron chi connectivity index (χ4n) is 0.819. The zero-order valence-electron chi connectivity index (χ0n) is 6.69. The molecule has 60 valence electrons. The quantitative estimate of drug-likeness (QED) is 0.612. The molecule has 3 heteroatoms. The van der Waals surface area contributed by atoms with Crippen LogP contribution in [0.25, 0.3) is 0 Å². The predicted octanol–water partition coefficient (Wildman–Crippen LogP) is 1.26. The highest BCUT2D eigenvalue weighted by molar-refractivity contribution is 5.61. The molecule has 1 atom stereocenters. The molecule has 0 fully saturated rings. The molecule has 0 aliphatic heterocycles. The molecule has 0 amide bonds. The van der Waals surface area contributed by atoms with Gasteiger partial charge in [-0.2, -0.15) is 5.26 Å². The molecule has 0 saturated carbocycles. The number of rotatable bonds is 2. The second-order valence-electron chi connectivity index (χ2n) is 2.51. The summed E-state index contributed by atoms with van der Waals surface area (Å²) < 4.78 is 0. The highest BCUT2D eigenvalue weighted by atomic mass is 16.1. The van der Waals surface area contributed by atoms with Gasteiger partial charge in [0.15, 0.2) is 0 Å². The van der Waals surface area contributed by atoms with Crippen LogP contribution in [0.15, 0.2) is 18.3 Å². The van der Waals surface area contributed by atoms with Crippen LogP contribution in [0.2, 0.25) is 0 Å². The van der Waals surface area contributed by atoms with Gasteiger partial charge in [-0.1, -0.05) is 13.0 Å². The van der Waals surface area contributed by atoms with Crippen molar-refractivity contribution in [3.8, 4) is 6.07 Å². The molecular weight excluding hydrogens is 152 g/mol. The number of nitriles is 1. The molecule has 0 aliphatic rings. The number of pyridine rings is 1. The molecule has 0 saturated heterocycles. The lowest BCUT2D eigenvalue weighted by molar-refractivity contribution is -0.108. The summed E-state index contributed by atoms with van der Waals surface area (Å²) in [7, 11) is 0. The molecule has 0 radical (unpaired) electrons. The van der Waals surface area contributed by atoms with E-state index in [-0.39, 0.29) is 5.92 Å².